The molecule has 0 radical (unpaired) electrons. The van der Waals surface area contributed by atoms with Crippen molar-refractivity contribution < 1.29 is 9.59 Å². The van der Waals surface area contributed by atoms with Crippen LogP contribution in [-0.2, 0) is 11.3 Å². The molecular formula is C27H24N6O3S. The number of piperazine rings is 1. The summed E-state index contributed by atoms with van der Waals surface area (Å²) in [6.07, 6.45) is 1.67. The Morgan fingerprint density at radius 2 is 1.78 bits per heavy atom. The third-order valence-corrected chi connectivity index (χ3v) is 7.85. The van der Waals surface area contributed by atoms with Gasteiger partial charge in [-0.15, -0.1) is 11.3 Å². The maximum absolute atomic E-state index is 13.7. The van der Waals surface area contributed by atoms with Crippen molar-refractivity contribution in [2.24, 2.45) is 0 Å². The third-order valence-electron chi connectivity index (χ3n) is 6.71. The number of amides is 2. The quantitative estimate of drug-likeness (QED) is 0.397. The molecule has 0 saturated carbocycles. The minimum atomic E-state index is -0.439. The van der Waals surface area contributed by atoms with Crippen LogP contribution in [0.1, 0.15) is 23.0 Å². The number of thiazole rings is 1. The first-order valence-corrected chi connectivity index (χ1v) is 12.9. The number of aromatic nitrogens is 3. The summed E-state index contributed by atoms with van der Waals surface area (Å²) in [7, 11) is 0. The monoisotopic (exact) mass is 512 g/mol. The first-order chi connectivity index (χ1) is 18.0. The van der Waals surface area contributed by atoms with Gasteiger partial charge in [-0.1, -0.05) is 18.2 Å². The predicted octanol–water partition coefficient (Wildman–Crippen LogP) is 3.06. The number of fused-ring (bicyclic) bond motifs is 5. The van der Waals surface area contributed by atoms with Gasteiger partial charge in [0.2, 0.25) is 11.3 Å². The number of anilines is 1. The Labute approximate surface area is 216 Å². The van der Waals surface area contributed by atoms with Crippen molar-refractivity contribution in [3.8, 4) is 0 Å². The molecule has 0 atom stereocenters. The highest BCUT2D eigenvalue weighted by Crippen LogP contribution is 2.31. The molecule has 5 heterocycles. The fourth-order valence-corrected chi connectivity index (χ4v) is 5.95. The zero-order chi connectivity index (χ0) is 25.5. The van der Waals surface area contributed by atoms with Crippen LogP contribution in [0.5, 0.6) is 0 Å². The van der Waals surface area contributed by atoms with E-state index in [0.29, 0.717) is 47.7 Å². The molecule has 9 nitrogen and oxygen atoms in total. The Morgan fingerprint density at radius 1 is 1.00 bits per heavy atom. The summed E-state index contributed by atoms with van der Waals surface area (Å²) in [4.78, 5) is 52.5. The lowest BCUT2D eigenvalue weighted by atomic mass is 10.1. The zero-order valence-corrected chi connectivity index (χ0v) is 21.0. The van der Waals surface area contributed by atoms with Gasteiger partial charge in [-0.25, -0.2) is 4.98 Å². The summed E-state index contributed by atoms with van der Waals surface area (Å²) >= 11 is 1.40. The molecule has 0 bridgehead atoms. The highest BCUT2D eigenvalue weighted by molar-refractivity contribution is 7.24. The summed E-state index contributed by atoms with van der Waals surface area (Å²) < 4.78 is 2.87. The van der Waals surface area contributed by atoms with Crippen LogP contribution in [0.2, 0.25) is 0 Å². The lowest BCUT2D eigenvalue weighted by molar-refractivity contribution is -0.129. The number of rotatable bonds is 4. The van der Waals surface area contributed by atoms with Crippen LogP contribution < -0.4 is 15.6 Å². The smallest absolute Gasteiger partial charge is 0.258 e. The van der Waals surface area contributed by atoms with Gasteiger partial charge in [0, 0.05) is 39.3 Å². The topological polar surface area (TPSA) is 99.9 Å². The fraction of sp³-hybridized carbons (Fsp3) is 0.222. The maximum Gasteiger partial charge on any atom is 0.258 e. The van der Waals surface area contributed by atoms with E-state index in [-0.39, 0.29) is 23.4 Å². The van der Waals surface area contributed by atoms with E-state index in [2.05, 4.69) is 15.2 Å². The number of carbonyl (C=O) groups is 2. The van der Waals surface area contributed by atoms with Gasteiger partial charge in [0.05, 0.1) is 27.8 Å². The fourth-order valence-electron chi connectivity index (χ4n) is 4.77. The summed E-state index contributed by atoms with van der Waals surface area (Å²) in [6, 6.07) is 16.9. The van der Waals surface area contributed by atoms with Gasteiger partial charge < -0.3 is 15.1 Å². The number of para-hydroxylation sites is 1. The van der Waals surface area contributed by atoms with Crippen LogP contribution >= 0.6 is 11.3 Å². The standard InChI is InChI=1S/C27H24N6O3S/c1-17(34)31-12-14-32(15-13-31)22-10-9-19-24(35)23(26(36)29-16-18-6-4-5-11-28-18)27-33(25(19)30-22)20-7-2-3-8-21(20)37-27/h2-11H,12-16H2,1H3,(H,29,36). The summed E-state index contributed by atoms with van der Waals surface area (Å²) in [5.41, 5.74) is 1.87. The molecule has 37 heavy (non-hydrogen) atoms. The van der Waals surface area contributed by atoms with E-state index in [1.54, 1.807) is 19.2 Å². The van der Waals surface area contributed by atoms with Gasteiger partial charge in [0.25, 0.3) is 5.91 Å². The van der Waals surface area contributed by atoms with Crippen molar-refractivity contribution in [1.29, 1.82) is 0 Å². The normalized spacial score (nSPS) is 14.0. The zero-order valence-electron chi connectivity index (χ0n) is 20.2. The SMILES string of the molecule is CC(=O)N1CCN(c2ccc3c(=O)c(C(=O)NCc4ccccn4)c4sc5ccccc5n4c3n2)CC1. The molecule has 1 aliphatic heterocycles. The van der Waals surface area contributed by atoms with Crippen molar-refractivity contribution in [2.75, 3.05) is 31.1 Å². The van der Waals surface area contributed by atoms with E-state index >= 15 is 0 Å². The molecule has 0 aliphatic carbocycles. The highest BCUT2D eigenvalue weighted by atomic mass is 32.1. The molecule has 2 amide bonds. The van der Waals surface area contributed by atoms with Crippen LogP contribution in [0, 0.1) is 0 Å². The Balaban J connectivity index is 1.47. The van der Waals surface area contributed by atoms with Crippen molar-refractivity contribution in [1.82, 2.24) is 24.6 Å². The van der Waals surface area contributed by atoms with Gasteiger partial charge in [-0.2, -0.15) is 0 Å². The molecule has 4 aromatic heterocycles. The van der Waals surface area contributed by atoms with Gasteiger partial charge in [-0.05, 0) is 36.4 Å². The second kappa shape index (κ2) is 9.29. The number of benzene rings is 1. The van der Waals surface area contributed by atoms with Crippen LogP contribution in [0.4, 0.5) is 5.82 Å². The number of carbonyl (C=O) groups excluding carboxylic acids is 2. The van der Waals surface area contributed by atoms with E-state index < -0.39 is 5.91 Å². The number of pyridine rings is 3. The Bertz CT molecular complexity index is 1720. The molecule has 6 rings (SSSR count). The van der Waals surface area contributed by atoms with E-state index in [9.17, 15) is 14.4 Å². The third kappa shape index (κ3) is 4.09. The molecule has 1 saturated heterocycles. The number of nitrogens with one attached hydrogen (secondary N) is 1. The van der Waals surface area contributed by atoms with Crippen molar-refractivity contribution in [2.45, 2.75) is 13.5 Å². The average molecular weight is 513 g/mol. The molecule has 1 fully saturated rings. The molecule has 5 aromatic rings. The largest absolute Gasteiger partial charge is 0.353 e. The minimum Gasteiger partial charge on any atom is -0.353 e. The molecule has 10 heteroatoms. The van der Waals surface area contributed by atoms with Gasteiger partial charge in [0.1, 0.15) is 16.2 Å². The maximum atomic E-state index is 13.7. The second-order valence-corrected chi connectivity index (χ2v) is 9.98. The Hall–Kier alpha value is -4.31. The number of hydrogen-bond donors (Lipinski definition) is 1. The van der Waals surface area contributed by atoms with E-state index in [4.69, 9.17) is 4.98 Å². The highest BCUT2D eigenvalue weighted by Gasteiger charge is 2.24. The molecule has 1 aromatic carbocycles. The first kappa shape index (κ1) is 23.1. The van der Waals surface area contributed by atoms with Gasteiger partial charge in [-0.3, -0.25) is 23.8 Å². The van der Waals surface area contributed by atoms with Crippen molar-refractivity contribution in [3.05, 3.63) is 82.3 Å². The molecule has 0 unspecified atom stereocenters. The van der Waals surface area contributed by atoms with Gasteiger partial charge in [0.15, 0.2) is 5.65 Å². The Morgan fingerprint density at radius 3 is 2.54 bits per heavy atom. The summed E-state index contributed by atoms with van der Waals surface area (Å²) in [6.45, 7) is 4.38. The average Bonchev–Trinajstić information content (AvgIpc) is 3.31. The first-order valence-electron chi connectivity index (χ1n) is 12.1. The molecule has 186 valence electrons. The van der Waals surface area contributed by atoms with Crippen LogP contribution in [0.15, 0.2) is 65.6 Å². The summed E-state index contributed by atoms with van der Waals surface area (Å²) in [5, 5.41) is 3.25. The molecule has 0 spiro atoms. The lowest BCUT2D eigenvalue weighted by Gasteiger charge is -2.35. The van der Waals surface area contributed by atoms with Gasteiger partial charge >= 0.3 is 0 Å². The summed E-state index contributed by atoms with van der Waals surface area (Å²) in [5.74, 6) is 0.371. The van der Waals surface area contributed by atoms with Crippen molar-refractivity contribution in [3.63, 3.8) is 0 Å². The molecular weight excluding hydrogens is 488 g/mol. The van der Waals surface area contributed by atoms with Crippen LogP contribution in [0.25, 0.3) is 26.1 Å². The van der Waals surface area contributed by atoms with E-state index in [1.165, 1.54) is 11.3 Å². The van der Waals surface area contributed by atoms with Crippen LogP contribution in [-0.4, -0.2) is 57.3 Å². The number of hydrogen-bond acceptors (Lipinski definition) is 7. The van der Waals surface area contributed by atoms with E-state index in [1.807, 2.05) is 57.8 Å². The molecule has 1 N–H and O–H groups in total. The lowest BCUT2D eigenvalue weighted by Crippen LogP contribution is -2.48. The molecule has 1 aliphatic rings. The van der Waals surface area contributed by atoms with E-state index in [0.717, 1.165) is 16.0 Å². The minimum absolute atomic E-state index is 0.0676. The number of nitrogens with zero attached hydrogens (tertiary/aromatic N) is 5. The second-order valence-electron chi connectivity index (χ2n) is 8.95. The predicted molar refractivity (Wildman–Crippen MR) is 144 cm³/mol. The Kier molecular flexibility index (Phi) is 5.80. The van der Waals surface area contributed by atoms with Crippen LogP contribution in [0.3, 0.4) is 0 Å². The van der Waals surface area contributed by atoms with Crippen molar-refractivity contribution >= 4 is 55.0 Å².